The number of aryl methyl sites for hydroxylation is 1. The van der Waals surface area contributed by atoms with Gasteiger partial charge in [0.25, 0.3) is 0 Å². The van der Waals surface area contributed by atoms with Gasteiger partial charge in [0.05, 0.1) is 0 Å². The van der Waals surface area contributed by atoms with Crippen molar-refractivity contribution >= 4 is 23.6 Å². The molecule has 6 heteroatoms. The average Bonchev–Trinajstić information content (AvgIpc) is 2.93. The smallest absolute Gasteiger partial charge is 0.330 e. The molecular formula is C31H30O6. The average molecular weight is 499 g/mol. The maximum atomic E-state index is 11.1. The van der Waals surface area contributed by atoms with Crippen LogP contribution in [0.2, 0.25) is 0 Å². The van der Waals surface area contributed by atoms with E-state index in [4.69, 9.17) is 18.9 Å². The molecule has 0 saturated heterocycles. The Kier molecular flexibility index (Phi) is 10.3. The molecule has 37 heavy (non-hydrogen) atoms. The van der Waals surface area contributed by atoms with Gasteiger partial charge in [-0.3, -0.25) is 0 Å². The van der Waals surface area contributed by atoms with E-state index < -0.39 is 11.9 Å². The summed E-state index contributed by atoms with van der Waals surface area (Å²) in [5.41, 5.74) is 5.32. The van der Waals surface area contributed by atoms with Crippen molar-refractivity contribution in [2.45, 2.75) is 6.92 Å². The van der Waals surface area contributed by atoms with E-state index in [1.54, 1.807) is 0 Å². The van der Waals surface area contributed by atoms with Gasteiger partial charge in [-0.2, -0.15) is 0 Å². The van der Waals surface area contributed by atoms with Gasteiger partial charge in [0.2, 0.25) is 0 Å². The highest BCUT2D eigenvalue weighted by atomic mass is 16.6. The zero-order valence-electron chi connectivity index (χ0n) is 20.9. The van der Waals surface area contributed by atoms with Crippen LogP contribution in [-0.4, -0.2) is 38.4 Å². The molecule has 0 aliphatic rings. The molecule has 0 bridgehead atoms. The summed E-state index contributed by atoms with van der Waals surface area (Å²) in [5, 5.41) is 0. The Hall–Kier alpha value is -4.58. The number of rotatable bonds is 13. The summed E-state index contributed by atoms with van der Waals surface area (Å²) in [4.78, 5) is 22.3. The van der Waals surface area contributed by atoms with Crippen molar-refractivity contribution in [1.82, 2.24) is 0 Å². The monoisotopic (exact) mass is 498 g/mol. The van der Waals surface area contributed by atoms with E-state index in [9.17, 15) is 9.59 Å². The number of esters is 2. The van der Waals surface area contributed by atoms with Crippen molar-refractivity contribution in [3.8, 4) is 11.5 Å². The number of benzene rings is 3. The number of hydrogen-bond donors (Lipinski definition) is 0. The van der Waals surface area contributed by atoms with Gasteiger partial charge in [0.15, 0.2) is 0 Å². The van der Waals surface area contributed by atoms with Crippen molar-refractivity contribution in [2.24, 2.45) is 0 Å². The zero-order valence-corrected chi connectivity index (χ0v) is 20.9. The number of carbonyl (C=O) groups excluding carboxylic acids is 2. The van der Waals surface area contributed by atoms with E-state index in [0.717, 1.165) is 34.4 Å². The fourth-order valence-electron chi connectivity index (χ4n) is 3.35. The summed E-state index contributed by atoms with van der Waals surface area (Å²) in [6.45, 7) is 9.59. The second kappa shape index (κ2) is 14.1. The minimum Gasteiger partial charge on any atom is -0.490 e. The third kappa shape index (κ3) is 8.85. The molecule has 3 rings (SSSR count). The molecule has 0 fully saturated rings. The predicted octanol–water partition coefficient (Wildman–Crippen LogP) is 5.80. The second-order valence-corrected chi connectivity index (χ2v) is 7.96. The summed E-state index contributed by atoms with van der Waals surface area (Å²) < 4.78 is 21.2. The quantitative estimate of drug-likeness (QED) is 0.128. The fraction of sp³-hybridized carbons (Fsp3) is 0.161. The molecule has 0 atom stereocenters. The molecule has 0 aliphatic heterocycles. The molecule has 3 aromatic rings. The maximum Gasteiger partial charge on any atom is 0.330 e. The lowest BCUT2D eigenvalue weighted by Gasteiger charge is -2.12. The Morgan fingerprint density at radius 3 is 1.49 bits per heavy atom. The Bertz CT molecular complexity index is 1150. The minimum atomic E-state index is -0.475. The van der Waals surface area contributed by atoms with Gasteiger partial charge in [-0.1, -0.05) is 67.3 Å². The van der Waals surface area contributed by atoms with Gasteiger partial charge >= 0.3 is 11.9 Å². The van der Waals surface area contributed by atoms with Gasteiger partial charge in [-0.15, -0.1) is 0 Å². The van der Waals surface area contributed by atoms with Crippen LogP contribution in [0.15, 0.2) is 98.1 Å². The summed E-state index contributed by atoms with van der Waals surface area (Å²) in [7, 11) is 0. The first kappa shape index (κ1) is 27.0. The predicted molar refractivity (Wildman–Crippen MR) is 144 cm³/mol. The van der Waals surface area contributed by atoms with Crippen LogP contribution in [0.4, 0.5) is 0 Å². The molecule has 0 spiro atoms. The topological polar surface area (TPSA) is 71.1 Å². The molecular weight excluding hydrogens is 468 g/mol. The first-order valence-electron chi connectivity index (χ1n) is 11.8. The van der Waals surface area contributed by atoms with E-state index >= 15 is 0 Å². The summed E-state index contributed by atoms with van der Waals surface area (Å²) >= 11 is 0. The molecule has 0 radical (unpaired) electrons. The third-order valence-electron chi connectivity index (χ3n) is 5.25. The van der Waals surface area contributed by atoms with Gasteiger partial charge in [-0.05, 0) is 59.5 Å². The van der Waals surface area contributed by atoms with Gasteiger partial charge in [-0.25, -0.2) is 9.59 Å². The molecule has 0 saturated carbocycles. The molecule has 0 amide bonds. The fourth-order valence-corrected chi connectivity index (χ4v) is 3.35. The molecule has 0 aromatic heterocycles. The maximum absolute atomic E-state index is 11.1. The van der Waals surface area contributed by atoms with Crippen LogP contribution in [0.1, 0.15) is 22.3 Å². The Morgan fingerprint density at radius 2 is 1.08 bits per heavy atom. The lowest BCUT2D eigenvalue weighted by Crippen LogP contribution is -2.10. The zero-order chi connectivity index (χ0) is 26.5. The van der Waals surface area contributed by atoms with Crippen molar-refractivity contribution in [3.63, 3.8) is 0 Å². The van der Waals surface area contributed by atoms with Crippen molar-refractivity contribution in [3.05, 3.63) is 120 Å². The van der Waals surface area contributed by atoms with Crippen LogP contribution in [0.5, 0.6) is 11.5 Å². The summed E-state index contributed by atoms with van der Waals surface area (Å²) in [6.07, 6.45) is 4.38. The second-order valence-electron chi connectivity index (χ2n) is 7.96. The molecule has 0 aliphatic carbocycles. The number of carbonyl (C=O) groups is 2. The van der Waals surface area contributed by atoms with Crippen LogP contribution < -0.4 is 9.47 Å². The highest BCUT2D eigenvalue weighted by Gasteiger charge is 2.08. The normalized spacial score (nSPS) is 10.1. The molecule has 0 unspecified atom stereocenters. The van der Waals surface area contributed by atoms with E-state index in [1.165, 1.54) is 5.56 Å². The van der Waals surface area contributed by atoms with Crippen LogP contribution in [-0.2, 0) is 19.1 Å². The first-order chi connectivity index (χ1) is 18.0. The SMILES string of the molecule is C=CC(=O)OCCOc1ccc(C(=Cc2ccc(C)cc2)c2ccc(OCCOC(=O)C=C)cc2)cc1. The van der Waals surface area contributed by atoms with E-state index in [0.29, 0.717) is 11.5 Å². The van der Waals surface area contributed by atoms with Crippen molar-refractivity contribution < 1.29 is 28.5 Å². The van der Waals surface area contributed by atoms with E-state index in [2.05, 4.69) is 50.4 Å². The Morgan fingerprint density at radius 1 is 0.649 bits per heavy atom. The largest absolute Gasteiger partial charge is 0.490 e. The van der Waals surface area contributed by atoms with Gasteiger partial charge < -0.3 is 18.9 Å². The number of hydrogen-bond acceptors (Lipinski definition) is 6. The lowest BCUT2D eigenvalue weighted by molar-refractivity contribution is -0.139. The standard InChI is InChI=1S/C31H30O6/c1-4-30(32)36-20-18-34-27-14-10-25(11-15-27)29(22-24-8-6-23(3)7-9-24)26-12-16-28(17-13-26)35-19-21-37-31(33)5-2/h4-17,22H,1-2,18-21H2,3H3. The molecule has 3 aromatic carbocycles. The van der Waals surface area contributed by atoms with E-state index in [1.807, 2.05) is 48.5 Å². The number of ether oxygens (including phenoxy) is 4. The van der Waals surface area contributed by atoms with Crippen LogP contribution >= 0.6 is 0 Å². The highest BCUT2D eigenvalue weighted by Crippen LogP contribution is 2.29. The molecule has 190 valence electrons. The molecule has 0 N–H and O–H groups in total. The van der Waals surface area contributed by atoms with Gasteiger partial charge in [0.1, 0.15) is 37.9 Å². The van der Waals surface area contributed by atoms with Crippen LogP contribution in [0.3, 0.4) is 0 Å². The Balaban J connectivity index is 1.74. The minimum absolute atomic E-state index is 0.149. The lowest BCUT2D eigenvalue weighted by atomic mass is 9.95. The third-order valence-corrected chi connectivity index (χ3v) is 5.25. The van der Waals surface area contributed by atoms with Crippen molar-refractivity contribution in [1.29, 1.82) is 0 Å². The Labute approximate surface area is 217 Å². The van der Waals surface area contributed by atoms with Crippen LogP contribution in [0, 0.1) is 6.92 Å². The molecule has 0 heterocycles. The van der Waals surface area contributed by atoms with Crippen LogP contribution in [0.25, 0.3) is 11.6 Å². The molecule has 6 nitrogen and oxygen atoms in total. The summed E-state index contributed by atoms with van der Waals surface area (Å²) in [6, 6.07) is 23.8. The first-order valence-corrected chi connectivity index (χ1v) is 11.8. The van der Waals surface area contributed by atoms with Crippen molar-refractivity contribution in [2.75, 3.05) is 26.4 Å². The summed E-state index contributed by atoms with van der Waals surface area (Å²) in [5.74, 6) is 0.401. The van der Waals surface area contributed by atoms with Gasteiger partial charge in [0, 0.05) is 12.2 Å². The van der Waals surface area contributed by atoms with E-state index in [-0.39, 0.29) is 26.4 Å². The highest BCUT2D eigenvalue weighted by molar-refractivity contribution is 5.91.